The minimum atomic E-state index is -0.516. The number of ether oxygens (including phenoxy) is 1. The van der Waals surface area contributed by atoms with Gasteiger partial charge in [-0.15, -0.1) is 0 Å². The summed E-state index contributed by atoms with van der Waals surface area (Å²) in [6.45, 7) is 0. The van der Waals surface area contributed by atoms with Gasteiger partial charge in [-0.2, -0.15) is 0 Å². The molecule has 0 N–H and O–H groups in total. The number of esters is 1. The Morgan fingerprint density at radius 3 is 2.93 bits per heavy atom. The van der Waals surface area contributed by atoms with E-state index in [1.807, 2.05) is 0 Å². The molecule has 2 bridgehead atoms. The Kier molecular flexibility index (Phi) is 1.53. The normalized spacial score (nSPS) is 45.9. The summed E-state index contributed by atoms with van der Waals surface area (Å²) >= 11 is 0. The summed E-state index contributed by atoms with van der Waals surface area (Å²) in [6.07, 6.45) is 6.97. The predicted molar refractivity (Wildman–Crippen MR) is 53.0 cm³/mol. The second kappa shape index (κ2) is 2.52. The van der Waals surface area contributed by atoms with Crippen molar-refractivity contribution in [3.8, 4) is 0 Å². The first-order chi connectivity index (χ1) is 7.12. The zero-order valence-electron chi connectivity index (χ0n) is 8.79. The van der Waals surface area contributed by atoms with E-state index in [1.54, 1.807) is 0 Å². The molecule has 80 valence electrons. The van der Waals surface area contributed by atoms with Crippen molar-refractivity contribution in [2.75, 3.05) is 7.11 Å². The fourth-order valence-corrected chi connectivity index (χ4v) is 3.92. The Labute approximate surface area is 88.5 Å². The van der Waals surface area contributed by atoms with Gasteiger partial charge in [-0.05, 0) is 18.8 Å². The fourth-order valence-electron chi connectivity index (χ4n) is 3.92. The number of ketones is 1. The van der Waals surface area contributed by atoms with Gasteiger partial charge in [-0.1, -0.05) is 12.2 Å². The van der Waals surface area contributed by atoms with Crippen LogP contribution in [0.15, 0.2) is 12.2 Å². The van der Waals surface area contributed by atoms with E-state index in [9.17, 15) is 9.59 Å². The van der Waals surface area contributed by atoms with Crippen LogP contribution >= 0.6 is 0 Å². The van der Waals surface area contributed by atoms with Crippen molar-refractivity contribution in [2.45, 2.75) is 25.7 Å². The van der Waals surface area contributed by atoms with Crippen LogP contribution < -0.4 is 0 Å². The molecule has 3 rings (SSSR count). The summed E-state index contributed by atoms with van der Waals surface area (Å²) in [7, 11) is 1.42. The molecule has 3 aliphatic carbocycles. The molecule has 0 aromatic heterocycles. The van der Waals surface area contributed by atoms with Crippen molar-refractivity contribution < 1.29 is 14.3 Å². The lowest BCUT2D eigenvalue weighted by Gasteiger charge is -2.35. The topological polar surface area (TPSA) is 43.4 Å². The molecule has 0 unspecified atom stereocenters. The highest BCUT2D eigenvalue weighted by molar-refractivity contribution is 5.94. The molecule has 0 heterocycles. The minimum absolute atomic E-state index is 0.180. The first kappa shape index (κ1) is 9.13. The summed E-state index contributed by atoms with van der Waals surface area (Å²) < 4.78 is 4.91. The molecule has 1 spiro atoms. The summed E-state index contributed by atoms with van der Waals surface area (Å²) in [5, 5.41) is 0. The van der Waals surface area contributed by atoms with Crippen molar-refractivity contribution in [3.05, 3.63) is 12.2 Å². The number of methoxy groups -OCH3 is 1. The highest BCUT2D eigenvalue weighted by atomic mass is 16.5. The molecule has 2 fully saturated rings. The molecule has 0 aromatic carbocycles. The molecule has 2 saturated carbocycles. The van der Waals surface area contributed by atoms with Crippen LogP contribution in [0.1, 0.15) is 25.7 Å². The lowest BCUT2D eigenvalue weighted by Crippen LogP contribution is -2.39. The van der Waals surface area contributed by atoms with E-state index >= 15 is 0 Å². The Morgan fingerprint density at radius 2 is 2.27 bits per heavy atom. The van der Waals surface area contributed by atoms with Crippen LogP contribution in [0.25, 0.3) is 0 Å². The second-order valence-electron chi connectivity index (χ2n) is 5.15. The maximum Gasteiger partial charge on any atom is 0.313 e. The first-order valence-electron chi connectivity index (χ1n) is 5.41. The third-order valence-electron chi connectivity index (χ3n) is 4.47. The van der Waals surface area contributed by atoms with E-state index in [4.69, 9.17) is 4.74 Å². The van der Waals surface area contributed by atoms with E-state index in [1.165, 1.54) is 7.11 Å². The van der Waals surface area contributed by atoms with Gasteiger partial charge in [0.2, 0.25) is 0 Å². The monoisotopic (exact) mass is 206 g/mol. The van der Waals surface area contributed by atoms with Crippen LogP contribution in [-0.2, 0) is 14.3 Å². The lowest BCUT2D eigenvalue weighted by molar-refractivity contribution is -0.157. The molecule has 3 aliphatic rings. The van der Waals surface area contributed by atoms with Crippen LogP contribution in [0, 0.1) is 16.7 Å². The molecule has 3 atom stereocenters. The molecule has 0 saturated heterocycles. The van der Waals surface area contributed by atoms with Gasteiger partial charge in [0.05, 0.1) is 12.5 Å². The molecule has 3 nitrogen and oxygen atoms in total. The molecule has 0 aliphatic heterocycles. The zero-order valence-corrected chi connectivity index (χ0v) is 8.79. The van der Waals surface area contributed by atoms with Crippen molar-refractivity contribution >= 4 is 11.8 Å². The SMILES string of the molecule is COC(=O)[C@]12CC(=O)C[C@]13C=C[C@@H](C3)C2. The van der Waals surface area contributed by atoms with E-state index in [0.29, 0.717) is 18.8 Å². The fraction of sp³-hybridized carbons (Fsp3) is 0.667. The summed E-state index contributed by atoms with van der Waals surface area (Å²) in [5.74, 6) is 0.516. The number of carbonyl (C=O) groups excluding carboxylic acids is 2. The van der Waals surface area contributed by atoms with Gasteiger partial charge < -0.3 is 4.74 Å². The standard InChI is InChI=1S/C12H14O3/c1-15-10(14)12-5-8-2-3-11(12,4-8)6-9(13)7-12/h2-3,8H,4-7H2,1H3/t8-,11+,12-/m0/s1. The van der Waals surface area contributed by atoms with Crippen LogP contribution in [-0.4, -0.2) is 18.9 Å². The Hall–Kier alpha value is -1.12. The molecule has 3 heteroatoms. The van der Waals surface area contributed by atoms with Gasteiger partial charge in [-0.3, -0.25) is 9.59 Å². The summed E-state index contributed by atoms with van der Waals surface area (Å²) in [6, 6.07) is 0. The molecule has 0 amide bonds. The van der Waals surface area contributed by atoms with Gasteiger partial charge >= 0.3 is 5.97 Å². The summed E-state index contributed by atoms with van der Waals surface area (Å²) in [5.41, 5.74) is -0.708. The number of fused-ring (bicyclic) bond motifs is 1. The van der Waals surface area contributed by atoms with Crippen molar-refractivity contribution in [1.82, 2.24) is 0 Å². The highest BCUT2D eigenvalue weighted by Gasteiger charge is 2.68. The minimum Gasteiger partial charge on any atom is -0.469 e. The average Bonchev–Trinajstić information content (AvgIpc) is 2.78. The van der Waals surface area contributed by atoms with Crippen LogP contribution in [0.3, 0.4) is 0 Å². The van der Waals surface area contributed by atoms with Gasteiger partial charge in [0.25, 0.3) is 0 Å². The van der Waals surface area contributed by atoms with E-state index in [-0.39, 0.29) is 17.2 Å². The first-order valence-corrected chi connectivity index (χ1v) is 5.41. The average molecular weight is 206 g/mol. The van der Waals surface area contributed by atoms with Crippen molar-refractivity contribution in [1.29, 1.82) is 0 Å². The van der Waals surface area contributed by atoms with E-state index in [0.717, 1.165) is 12.8 Å². The number of carbonyl (C=O) groups is 2. The molecular weight excluding hydrogens is 192 g/mol. The Bertz CT molecular complexity index is 384. The smallest absolute Gasteiger partial charge is 0.313 e. The number of Topliss-reactive ketones (excluding diaryl/α,β-unsaturated/α-hetero) is 1. The van der Waals surface area contributed by atoms with Gasteiger partial charge in [0, 0.05) is 18.3 Å². The van der Waals surface area contributed by atoms with Gasteiger partial charge in [0.1, 0.15) is 5.78 Å². The zero-order chi connectivity index (χ0) is 10.7. The second-order valence-corrected chi connectivity index (χ2v) is 5.15. The Balaban J connectivity index is 2.11. The van der Waals surface area contributed by atoms with Gasteiger partial charge in [0.15, 0.2) is 0 Å². The predicted octanol–water partition coefficient (Wildman–Crippen LogP) is 1.47. The lowest BCUT2D eigenvalue weighted by atomic mass is 9.67. The number of allylic oxidation sites excluding steroid dienone is 2. The van der Waals surface area contributed by atoms with Crippen molar-refractivity contribution in [2.24, 2.45) is 16.7 Å². The molecule has 0 radical (unpaired) electrons. The molecule has 15 heavy (non-hydrogen) atoms. The maximum absolute atomic E-state index is 11.9. The maximum atomic E-state index is 11.9. The third kappa shape index (κ3) is 0.869. The summed E-state index contributed by atoms with van der Waals surface area (Å²) in [4.78, 5) is 23.6. The van der Waals surface area contributed by atoms with Crippen LogP contribution in [0.2, 0.25) is 0 Å². The van der Waals surface area contributed by atoms with E-state index in [2.05, 4.69) is 12.2 Å². The molecular formula is C12H14O3. The van der Waals surface area contributed by atoms with Crippen LogP contribution in [0.4, 0.5) is 0 Å². The highest BCUT2D eigenvalue weighted by Crippen LogP contribution is 2.68. The third-order valence-corrected chi connectivity index (χ3v) is 4.47. The Morgan fingerprint density at radius 1 is 1.47 bits per heavy atom. The van der Waals surface area contributed by atoms with Crippen molar-refractivity contribution in [3.63, 3.8) is 0 Å². The number of hydrogen-bond acceptors (Lipinski definition) is 3. The van der Waals surface area contributed by atoms with Gasteiger partial charge in [-0.25, -0.2) is 0 Å². The number of hydrogen-bond donors (Lipinski definition) is 0. The quantitative estimate of drug-likeness (QED) is 0.482. The van der Waals surface area contributed by atoms with Crippen LogP contribution in [0.5, 0.6) is 0 Å². The largest absolute Gasteiger partial charge is 0.469 e. The van der Waals surface area contributed by atoms with E-state index < -0.39 is 5.41 Å². The molecule has 0 aromatic rings. The number of rotatable bonds is 1.